The van der Waals surface area contributed by atoms with E-state index < -0.39 is 50.4 Å². The molecule has 3 heterocycles. The van der Waals surface area contributed by atoms with Gasteiger partial charge in [-0.1, -0.05) is 49.7 Å². The maximum absolute atomic E-state index is 14.2. The van der Waals surface area contributed by atoms with Gasteiger partial charge in [0.25, 0.3) is 0 Å². The number of anilines is 1. The molecule has 1 fully saturated rings. The summed E-state index contributed by atoms with van der Waals surface area (Å²) < 4.78 is 39.0. The summed E-state index contributed by atoms with van der Waals surface area (Å²) >= 11 is 0. The van der Waals surface area contributed by atoms with E-state index >= 15 is 0 Å². The predicted molar refractivity (Wildman–Crippen MR) is 159 cm³/mol. The van der Waals surface area contributed by atoms with Gasteiger partial charge in [-0.15, -0.1) is 0 Å². The number of nitrogens with two attached hydrogens (primary N) is 1. The number of rotatable bonds is 12. The molecule has 1 unspecified atom stereocenters. The van der Waals surface area contributed by atoms with Crippen molar-refractivity contribution in [1.82, 2.24) is 19.6 Å². The number of nitrogens with one attached hydrogen (secondary N) is 1. The lowest BCUT2D eigenvalue weighted by Gasteiger charge is -2.29. The lowest BCUT2D eigenvalue weighted by atomic mass is 9.94. The monoisotopic (exact) mass is 613 g/mol. The van der Waals surface area contributed by atoms with Gasteiger partial charge < -0.3 is 34.5 Å². The second-order valence-electron chi connectivity index (χ2n) is 10.6. The van der Waals surface area contributed by atoms with Gasteiger partial charge in [-0.2, -0.15) is 0 Å². The van der Waals surface area contributed by atoms with Crippen LogP contribution >= 0.6 is 7.75 Å². The Morgan fingerprint density at radius 1 is 1.21 bits per heavy atom. The van der Waals surface area contributed by atoms with Crippen LogP contribution in [0.25, 0.3) is 21.8 Å². The average molecular weight is 614 g/mol. The molecule has 0 amide bonds. The van der Waals surface area contributed by atoms with Crippen molar-refractivity contribution in [1.29, 1.82) is 0 Å². The third-order valence-corrected chi connectivity index (χ3v) is 9.00. The molecule has 13 nitrogen and oxygen atoms in total. The number of carbonyl (C=O) groups excluding carboxylic acids is 1. The van der Waals surface area contributed by atoms with Crippen molar-refractivity contribution in [3.63, 3.8) is 0 Å². The molecular weight excluding hydrogens is 577 g/mol. The molecule has 43 heavy (non-hydrogen) atoms. The number of nitrogen functional groups attached to an aromatic ring is 1. The fraction of sp³-hybridized carbons (Fsp3) is 0.414. The molecule has 1 saturated heterocycles. The molecule has 1 aliphatic rings. The highest BCUT2D eigenvalue weighted by molar-refractivity contribution is 7.52. The SMILES string of the molecule is CCCCOC(=O)CNP(=O)(Oc1cccc2ccccc12)O[C@H](C)[C@H]1O[C@@H](n2ccc3c(N)ncnc32)[C@](C)(O)[C@@H]1O. The molecular formula is C29H36N5O8P. The Morgan fingerprint density at radius 3 is 2.77 bits per heavy atom. The largest absolute Gasteiger partial charge is 0.465 e. The van der Waals surface area contributed by atoms with Crippen molar-refractivity contribution in [2.24, 2.45) is 0 Å². The number of hydrogen-bond acceptors (Lipinski definition) is 11. The number of carbonyl (C=O) groups is 1. The van der Waals surface area contributed by atoms with E-state index in [1.807, 2.05) is 31.2 Å². The number of aliphatic hydroxyl groups excluding tert-OH is 1. The van der Waals surface area contributed by atoms with E-state index in [4.69, 9.17) is 24.3 Å². The summed E-state index contributed by atoms with van der Waals surface area (Å²) in [6.45, 7) is 4.69. The Kier molecular flexibility index (Phi) is 9.02. The Hall–Kier alpha value is -3.58. The second kappa shape index (κ2) is 12.6. The summed E-state index contributed by atoms with van der Waals surface area (Å²) in [5.41, 5.74) is 4.55. The van der Waals surface area contributed by atoms with E-state index in [9.17, 15) is 19.6 Å². The topological polar surface area (TPSA) is 180 Å². The van der Waals surface area contributed by atoms with Crippen molar-refractivity contribution >= 4 is 41.3 Å². The minimum absolute atomic E-state index is 0.228. The van der Waals surface area contributed by atoms with E-state index in [2.05, 4.69) is 15.1 Å². The van der Waals surface area contributed by atoms with Crippen LogP contribution in [0.3, 0.4) is 0 Å². The molecule has 6 atom stereocenters. The Balaban J connectivity index is 1.40. The molecule has 0 saturated carbocycles. The maximum atomic E-state index is 14.2. The van der Waals surface area contributed by atoms with Crippen LogP contribution in [0.1, 0.15) is 39.8 Å². The molecule has 2 aromatic carbocycles. The molecule has 0 aliphatic carbocycles. The molecule has 5 rings (SSSR count). The van der Waals surface area contributed by atoms with Crippen molar-refractivity contribution in [3.8, 4) is 5.75 Å². The lowest BCUT2D eigenvalue weighted by molar-refractivity contribution is -0.142. The zero-order chi connectivity index (χ0) is 30.8. The van der Waals surface area contributed by atoms with Crippen LogP contribution in [0.4, 0.5) is 5.82 Å². The molecule has 230 valence electrons. The fourth-order valence-electron chi connectivity index (χ4n) is 5.05. The Labute approximate surface area is 248 Å². The van der Waals surface area contributed by atoms with E-state index in [-0.39, 0.29) is 18.2 Å². The van der Waals surface area contributed by atoms with Gasteiger partial charge in [-0.05, 0) is 37.8 Å². The van der Waals surface area contributed by atoms with Gasteiger partial charge in [0.05, 0.1) is 18.1 Å². The van der Waals surface area contributed by atoms with Crippen molar-refractivity contribution in [2.75, 3.05) is 18.9 Å². The summed E-state index contributed by atoms with van der Waals surface area (Å²) in [4.78, 5) is 20.6. The Morgan fingerprint density at radius 2 is 1.98 bits per heavy atom. The number of nitrogens with zero attached hydrogens (tertiary/aromatic N) is 3. The number of ether oxygens (including phenoxy) is 2. The fourth-order valence-corrected chi connectivity index (χ4v) is 6.53. The predicted octanol–water partition coefficient (Wildman–Crippen LogP) is 3.70. The van der Waals surface area contributed by atoms with Gasteiger partial charge in [0.15, 0.2) is 6.23 Å². The van der Waals surface area contributed by atoms with Crippen LogP contribution in [0, 0.1) is 0 Å². The average Bonchev–Trinajstić information content (AvgIpc) is 3.51. The lowest BCUT2D eigenvalue weighted by Crippen LogP contribution is -2.46. The van der Waals surface area contributed by atoms with Gasteiger partial charge in [0.1, 0.15) is 47.9 Å². The smallest absolute Gasteiger partial charge is 0.459 e. The molecule has 2 aromatic heterocycles. The summed E-state index contributed by atoms with van der Waals surface area (Å²) in [6.07, 6.45) is -0.405. The quantitative estimate of drug-likeness (QED) is 0.104. The van der Waals surface area contributed by atoms with Crippen LogP contribution < -0.4 is 15.3 Å². The molecule has 14 heteroatoms. The highest BCUT2D eigenvalue weighted by Crippen LogP contribution is 2.50. The van der Waals surface area contributed by atoms with Crippen LogP contribution in [-0.2, 0) is 23.4 Å². The molecule has 5 N–H and O–H groups in total. The van der Waals surface area contributed by atoms with Gasteiger partial charge in [-0.3, -0.25) is 9.32 Å². The minimum atomic E-state index is -4.31. The van der Waals surface area contributed by atoms with Crippen LogP contribution in [-0.4, -0.2) is 67.8 Å². The van der Waals surface area contributed by atoms with Crippen LogP contribution in [0.5, 0.6) is 5.75 Å². The molecule has 4 aromatic rings. The number of aliphatic hydroxyl groups is 2. The number of hydrogen-bond donors (Lipinski definition) is 4. The summed E-state index contributed by atoms with van der Waals surface area (Å²) in [6, 6.07) is 14.3. The minimum Gasteiger partial charge on any atom is -0.465 e. The van der Waals surface area contributed by atoms with Gasteiger partial charge in [-0.25, -0.2) is 19.6 Å². The third-order valence-electron chi connectivity index (χ3n) is 7.40. The first-order valence-electron chi connectivity index (χ1n) is 14.0. The van der Waals surface area contributed by atoms with Gasteiger partial charge in [0, 0.05) is 11.6 Å². The summed E-state index contributed by atoms with van der Waals surface area (Å²) in [5, 5.41) is 27.2. The highest BCUT2D eigenvalue weighted by atomic mass is 31.2. The Bertz CT molecular complexity index is 1640. The molecule has 0 radical (unpaired) electrons. The number of fused-ring (bicyclic) bond motifs is 2. The zero-order valence-electron chi connectivity index (χ0n) is 24.1. The van der Waals surface area contributed by atoms with Crippen molar-refractivity contribution in [3.05, 3.63) is 61.1 Å². The van der Waals surface area contributed by atoms with E-state index in [1.165, 1.54) is 20.2 Å². The number of esters is 1. The summed E-state index contributed by atoms with van der Waals surface area (Å²) in [7, 11) is -4.31. The molecule has 0 bridgehead atoms. The normalized spacial score (nSPS) is 24.2. The van der Waals surface area contributed by atoms with E-state index in [1.54, 1.807) is 35.0 Å². The number of benzene rings is 2. The second-order valence-corrected chi connectivity index (χ2v) is 12.3. The van der Waals surface area contributed by atoms with E-state index in [0.29, 0.717) is 22.8 Å². The maximum Gasteiger partial charge on any atom is 0.459 e. The first kappa shape index (κ1) is 30.9. The van der Waals surface area contributed by atoms with Crippen molar-refractivity contribution in [2.45, 2.75) is 63.8 Å². The van der Waals surface area contributed by atoms with Gasteiger partial charge >= 0.3 is 13.7 Å². The highest BCUT2D eigenvalue weighted by Gasteiger charge is 2.56. The van der Waals surface area contributed by atoms with Crippen LogP contribution in [0.2, 0.25) is 0 Å². The van der Waals surface area contributed by atoms with E-state index in [0.717, 1.165) is 11.8 Å². The zero-order valence-corrected chi connectivity index (χ0v) is 25.0. The summed E-state index contributed by atoms with van der Waals surface area (Å²) in [5.74, 6) is -0.123. The first-order valence-corrected chi connectivity index (χ1v) is 15.6. The molecule has 0 spiro atoms. The molecule has 1 aliphatic heterocycles. The van der Waals surface area contributed by atoms with Gasteiger partial charge in [0.2, 0.25) is 0 Å². The van der Waals surface area contributed by atoms with Crippen LogP contribution in [0.15, 0.2) is 61.1 Å². The number of aromatic nitrogens is 3. The standard InChI is InChI=1S/C29H36N5O8P/c1-4-5-15-39-23(35)16-33-43(38,42-22-12-8-10-19-9-6-7-11-20(19)22)41-18(2)24-25(36)29(3,37)28(40-24)34-14-13-21-26(30)31-17-32-27(21)34/h6-14,17-18,24-25,28,36-37H,4-5,15-16H2,1-3H3,(H,33,38)(H2,30,31,32)/t18-,24-,25-,28-,29-,43?/m1/s1. The number of unbranched alkanes of at least 4 members (excludes halogenated alkanes) is 1. The third kappa shape index (κ3) is 6.37. The van der Waals surface area contributed by atoms with Crippen molar-refractivity contribution < 1.29 is 38.1 Å². The first-order chi connectivity index (χ1) is 20.5.